The van der Waals surface area contributed by atoms with Gasteiger partial charge in [-0.15, -0.1) is 0 Å². The maximum absolute atomic E-state index is 4.64. The first-order valence-corrected chi connectivity index (χ1v) is 2.48. The molecule has 1 nitrogen and oxygen atoms in total. The van der Waals surface area contributed by atoms with Gasteiger partial charge in [0.15, 0.2) is 0 Å². The Morgan fingerprint density at radius 1 is 1.86 bits per heavy atom. The first kappa shape index (κ1) is 10.8. The SMILES string of the molecule is CCOC(=S)S.[Mo]. The standard InChI is InChI=1S/C3H6OS2.Mo/c1-2-4-3(5)6;/h2H2,1H3,(H,5,6);. The molecule has 0 bridgehead atoms. The Morgan fingerprint density at radius 3 is 2.29 bits per heavy atom. The van der Waals surface area contributed by atoms with Crippen molar-refractivity contribution in [3.8, 4) is 0 Å². The maximum Gasteiger partial charge on any atom is 0.216 e. The zero-order chi connectivity index (χ0) is 4.99. The summed E-state index contributed by atoms with van der Waals surface area (Å²) in [4.78, 5) is 0. The monoisotopic (exact) mass is 220 g/mol. The summed E-state index contributed by atoms with van der Waals surface area (Å²) in [6, 6.07) is 0. The molecule has 42 valence electrons. The molecule has 0 aliphatic carbocycles. The normalized spacial score (nSPS) is 6.57. The molecule has 4 heteroatoms. The van der Waals surface area contributed by atoms with E-state index >= 15 is 0 Å². The van der Waals surface area contributed by atoms with Crippen LogP contribution in [0, 0.1) is 0 Å². The van der Waals surface area contributed by atoms with Crippen molar-refractivity contribution < 1.29 is 25.8 Å². The molecule has 0 atom stereocenters. The van der Waals surface area contributed by atoms with Crippen LogP contribution < -0.4 is 0 Å². The number of thiocarbonyl (C=S) groups is 1. The Hall–Kier alpha value is 0.928. The molecule has 0 amide bonds. The van der Waals surface area contributed by atoms with Crippen molar-refractivity contribution in [3.63, 3.8) is 0 Å². The second kappa shape index (κ2) is 6.93. The molecule has 0 aromatic rings. The van der Waals surface area contributed by atoms with Crippen LogP contribution in [0.4, 0.5) is 0 Å². The third kappa shape index (κ3) is 10.9. The second-order valence-electron chi connectivity index (χ2n) is 0.699. The van der Waals surface area contributed by atoms with Crippen LogP contribution >= 0.6 is 24.8 Å². The summed E-state index contributed by atoms with van der Waals surface area (Å²) in [6.45, 7) is 2.48. The van der Waals surface area contributed by atoms with Crippen LogP contribution in [0.1, 0.15) is 6.92 Å². The average Bonchev–Trinajstić information content (AvgIpc) is 1.35. The molecule has 0 saturated carbocycles. The number of thiol groups is 1. The van der Waals surface area contributed by atoms with Gasteiger partial charge in [0.25, 0.3) is 0 Å². The van der Waals surface area contributed by atoms with Gasteiger partial charge in [0.2, 0.25) is 4.38 Å². The van der Waals surface area contributed by atoms with Gasteiger partial charge in [-0.1, -0.05) is 12.6 Å². The average molecular weight is 218 g/mol. The summed E-state index contributed by atoms with van der Waals surface area (Å²) >= 11 is 8.12. The second-order valence-corrected chi connectivity index (χ2v) is 1.78. The molecule has 0 aliphatic rings. The van der Waals surface area contributed by atoms with E-state index in [-0.39, 0.29) is 21.1 Å². The number of ether oxygens (including phenoxy) is 1. The molecule has 0 rings (SSSR count). The maximum atomic E-state index is 4.64. The summed E-state index contributed by atoms with van der Waals surface area (Å²) < 4.78 is 4.95. The number of hydrogen-bond donors (Lipinski definition) is 1. The van der Waals surface area contributed by atoms with Crippen LogP contribution in [0.3, 0.4) is 0 Å². The Balaban J connectivity index is 0. The molecule has 0 saturated heterocycles. The molecule has 0 aliphatic heterocycles. The Labute approximate surface area is 68.5 Å². The molecule has 0 fully saturated rings. The van der Waals surface area contributed by atoms with Crippen LogP contribution in [-0.2, 0) is 25.8 Å². The van der Waals surface area contributed by atoms with Crippen molar-refractivity contribution in [2.45, 2.75) is 6.92 Å². The van der Waals surface area contributed by atoms with Gasteiger partial charge in [0.05, 0.1) is 6.61 Å². The van der Waals surface area contributed by atoms with Gasteiger partial charge in [-0.3, -0.25) is 0 Å². The smallest absolute Gasteiger partial charge is 0.216 e. The number of hydrogen-bond acceptors (Lipinski definition) is 2. The zero-order valence-electron chi connectivity index (χ0n) is 3.88. The van der Waals surface area contributed by atoms with Crippen molar-refractivity contribution in [1.82, 2.24) is 0 Å². The van der Waals surface area contributed by atoms with Crippen LogP contribution in [0.15, 0.2) is 0 Å². The van der Waals surface area contributed by atoms with E-state index in [9.17, 15) is 0 Å². The Kier molecular flexibility index (Phi) is 10.7. The van der Waals surface area contributed by atoms with Gasteiger partial charge in [-0.05, 0) is 19.1 Å². The fraction of sp³-hybridized carbons (Fsp3) is 0.667. The topological polar surface area (TPSA) is 9.23 Å². The molecule has 0 heterocycles. The largest absolute Gasteiger partial charge is 0.479 e. The van der Waals surface area contributed by atoms with Gasteiger partial charge in [0, 0.05) is 21.1 Å². The minimum atomic E-state index is 0. The van der Waals surface area contributed by atoms with E-state index in [2.05, 4.69) is 29.6 Å². The number of rotatable bonds is 1. The molecular formula is C3H6MoOS2. The van der Waals surface area contributed by atoms with E-state index in [0.717, 1.165) is 0 Å². The van der Waals surface area contributed by atoms with E-state index in [1.165, 1.54) is 0 Å². The predicted molar refractivity (Wildman–Crippen MR) is 33.2 cm³/mol. The fourth-order valence-electron chi connectivity index (χ4n) is 0.123. The van der Waals surface area contributed by atoms with Gasteiger partial charge in [0.1, 0.15) is 0 Å². The first-order chi connectivity index (χ1) is 2.77. The van der Waals surface area contributed by atoms with Crippen molar-refractivity contribution in [3.05, 3.63) is 0 Å². The van der Waals surface area contributed by atoms with E-state index < -0.39 is 0 Å². The van der Waals surface area contributed by atoms with Crippen LogP contribution in [-0.4, -0.2) is 11.0 Å². The Bertz CT molecular complexity index is 56.9. The van der Waals surface area contributed by atoms with Crippen LogP contribution in [0.2, 0.25) is 0 Å². The third-order valence-corrected chi connectivity index (χ3v) is 0.515. The summed E-state index contributed by atoms with van der Waals surface area (Å²) in [7, 11) is 0. The molecule has 0 aromatic carbocycles. The minimum Gasteiger partial charge on any atom is -0.479 e. The van der Waals surface area contributed by atoms with Gasteiger partial charge < -0.3 is 4.74 Å². The molecule has 0 spiro atoms. The molecular weight excluding hydrogens is 212 g/mol. The first-order valence-electron chi connectivity index (χ1n) is 1.63. The summed E-state index contributed by atoms with van der Waals surface area (Å²) in [5.41, 5.74) is 0. The predicted octanol–water partition coefficient (Wildman–Crippen LogP) is 1.24. The van der Waals surface area contributed by atoms with Gasteiger partial charge >= 0.3 is 0 Å². The van der Waals surface area contributed by atoms with E-state index in [0.29, 0.717) is 11.0 Å². The molecule has 0 radical (unpaired) electrons. The molecule has 0 unspecified atom stereocenters. The van der Waals surface area contributed by atoms with Crippen LogP contribution in [0.5, 0.6) is 0 Å². The Morgan fingerprint density at radius 2 is 2.29 bits per heavy atom. The van der Waals surface area contributed by atoms with Crippen molar-refractivity contribution in [2.24, 2.45) is 0 Å². The van der Waals surface area contributed by atoms with Crippen molar-refractivity contribution in [2.75, 3.05) is 6.61 Å². The van der Waals surface area contributed by atoms with E-state index in [4.69, 9.17) is 0 Å². The fourth-order valence-corrected chi connectivity index (χ4v) is 0.370. The van der Waals surface area contributed by atoms with Crippen LogP contribution in [0.25, 0.3) is 0 Å². The van der Waals surface area contributed by atoms with Crippen molar-refractivity contribution >= 4 is 29.2 Å². The molecule has 7 heavy (non-hydrogen) atoms. The quantitative estimate of drug-likeness (QED) is 0.403. The summed E-state index contributed by atoms with van der Waals surface area (Å²) in [5.74, 6) is 0. The zero-order valence-corrected chi connectivity index (χ0v) is 7.60. The minimum absolute atomic E-state index is 0. The van der Waals surface area contributed by atoms with E-state index in [1.54, 1.807) is 0 Å². The van der Waals surface area contributed by atoms with Crippen molar-refractivity contribution in [1.29, 1.82) is 0 Å². The van der Waals surface area contributed by atoms with Gasteiger partial charge in [-0.25, -0.2) is 0 Å². The molecule has 0 aromatic heterocycles. The van der Waals surface area contributed by atoms with E-state index in [1.807, 2.05) is 6.92 Å². The summed E-state index contributed by atoms with van der Waals surface area (Å²) in [6.07, 6.45) is 0. The van der Waals surface area contributed by atoms with Gasteiger partial charge in [-0.2, -0.15) is 0 Å². The molecule has 0 N–H and O–H groups in total. The summed E-state index contributed by atoms with van der Waals surface area (Å²) in [5, 5.41) is 0. The third-order valence-electron chi connectivity index (χ3n) is 0.268.